The number of hydrogen-bond acceptors (Lipinski definition) is 3. The molecule has 0 radical (unpaired) electrons. The van der Waals surface area contributed by atoms with Crippen molar-refractivity contribution in [3.8, 4) is 0 Å². The van der Waals surface area contributed by atoms with Crippen LogP contribution in [0.1, 0.15) is 18.4 Å². The van der Waals surface area contributed by atoms with E-state index < -0.39 is 0 Å². The number of nitrogens with two attached hydrogens (primary N) is 1. The van der Waals surface area contributed by atoms with E-state index in [1.807, 2.05) is 23.1 Å². The molecular formula is C15H22N4O. The largest absolute Gasteiger partial charge is 0.398 e. The highest BCUT2D eigenvalue weighted by atomic mass is 16.2. The lowest BCUT2D eigenvalue weighted by molar-refractivity contribution is 0.195. The van der Waals surface area contributed by atoms with E-state index >= 15 is 0 Å². The fourth-order valence-corrected chi connectivity index (χ4v) is 2.70. The predicted octanol–water partition coefficient (Wildman–Crippen LogP) is 1.26. The van der Waals surface area contributed by atoms with Crippen LogP contribution < -0.4 is 11.1 Å². The van der Waals surface area contributed by atoms with Gasteiger partial charge >= 0.3 is 6.03 Å². The highest BCUT2D eigenvalue weighted by Gasteiger charge is 2.30. The highest BCUT2D eigenvalue weighted by Crippen LogP contribution is 2.29. The van der Waals surface area contributed by atoms with Gasteiger partial charge < -0.3 is 16.0 Å². The molecule has 1 saturated heterocycles. The third-order valence-electron chi connectivity index (χ3n) is 4.09. The normalized spacial score (nSPS) is 18.6. The molecule has 1 aliphatic heterocycles. The van der Waals surface area contributed by atoms with Crippen molar-refractivity contribution in [1.29, 1.82) is 0 Å². The van der Waals surface area contributed by atoms with Gasteiger partial charge in [-0.3, -0.25) is 4.90 Å². The number of nitrogens with one attached hydrogen (secondary N) is 1. The van der Waals surface area contributed by atoms with E-state index in [1.165, 1.54) is 18.4 Å². The van der Waals surface area contributed by atoms with Gasteiger partial charge in [0.2, 0.25) is 0 Å². The van der Waals surface area contributed by atoms with Crippen LogP contribution in [-0.2, 0) is 6.54 Å². The standard InChI is InChI=1S/C15H22N4O/c16-14-4-2-1-3-12(14)11-19(13-5-6-13)10-9-18-8-7-17-15(18)20/h1-4,13H,5-11,16H2,(H,17,20). The van der Waals surface area contributed by atoms with E-state index in [4.69, 9.17) is 5.73 Å². The van der Waals surface area contributed by atoms with E-state index in [-0.39, 0.29) is 6.03 Å². The van der Waals surface area contributed by atoms with Crippen molar-refractivity contribution < 1.29 is 4.79 Å². The summed E-state index contributed by atoms with van der Waals surface area (Å²) in [5.74, 6) is 0. The summed E-state index contributed by atoms with van der Waals surface area (Å²) in [6.45, 7) is 4.20. The molecule has 0 bridgehead atoms. The van der Waals surface area contributed by atoms with Gasteiger partial charge in [0.25, 0.3) is 0 Å². The fraction of sp³-hybridized carbons (Fsp3) is 0.533. The van der Waals surface area contributed by atoms with Crippen LogP contribution in [0.25, 0.3) is 0 Å². The topological polar surface area (TPSA) is 61.6 Å². The lowest BCUT2D eigenvalue weighted by Gasteiger charge is -2.25. The molecule has 1 saturated carbocycles. The molecule has 108 valence electrons. The van der Waals surface area contributed by atoms with E-state index in [0.717, 1.165) is 38.4 Å². The van der Waals surface area contributed by atoms with Gasteiger partial charge in [-0.05, 0) is 24.5 Å². The van der Waals surface area contributed by atoms with Crippen LogP contribution in [0.2, 0.25) is 0 Å². The monoisotopic (exact) mass is 274 g/mol. The summed E-state index contributed by atoms with van der Waals surface area (Å²) in [5, 5.41) is 2.85. The second-order valence-corrected chi connectivity index (χ2v) is 5.62. The molecule has 20 heavy (non-hydrogen) atoms. The van der Waals surface area contributed by atoms with Crippen molar-refractivity contribution in [1.82, 2.24) is 15.1 Å². The Labute approximate surface area is 119 Å². The maximum absolute atomic E-state index is 11.6. The Bertz CT molecular complexity index is 487. The van der Waals surface area contributed by atoms with Crippen molar-refractivity contribution in [2.75, 3.05) is 31.9 Å². The number of nitrogen functional groups attached to an aromatic ring is 1. The SMILES string of the molecule is Nc1ccccc1CN(CCN1CCNC1=O)C1CC1. The third-order valence-corrected chi connectivity index (χ3v) is 4.09. The molecule has 1 aliphatic carbocycles. The molecule has 0 unspecified atom stereocenters. The van der Waals surface area contributed by atoms with Crippen LogP contribution >= 0.6 is 0 Å². The number of para-hydroxylation sites is 1. The first-order chi connectivity index (χ1) is 9.74. The van der Waals surface area contributed by atoms with Crippen LogP contribution in [0.5, 0.6) is 0 Å². The Morgan fingerprint density at radius 3 is 2.80 bits per heavy atom. The van der Waals surface area contributed by atoms with Crippen molar-refractivity contribution in [2.24, 2.45) is 0 Å². The van der Waals surface area contributed by atoms with Crippen LogP contribution in [-0.4, -0.2) is 48.1 Å². The number of hydrogen-bond donors (Lipinski definition) is 2. The highest BCUT2D eigenvalue weighted by molar-refractivity contribution is 5.76. The Balaban J connectivity index is 1.58. The Morgan fingerprint density at radius 2 is 2.15 bits per heavy atom. The van der Waals surface area contributed by atoms with Gasteiger partial charge in [0.1, 0.15) is 0 Å². The predicted molar refractivity (Wildman–Crippen MR) is 79.3 cm³/mol. The molecule has 0 aromatic heterocycles. The first-order valence-electron chi connectivity index (χ1n) is 7.34. The molecule has 1 heterocycles. The smallest absolute Gasteiger partial charge is 0.317 e. The third kappa shape index (κ3) is 3.04. The zero-order chi connectivity index (χ0) is 13.9. The number of carbonyl (C=O) groups excluding carboxylic acids is 1. The van der Waals surface area contributed by atoms with Gasteiger partial charge in [0.05, 0.1) is 0 Å². The quantitative estimate of drug-likeness (QED) is 0.768. The summed E-state index contributed by atoms with van der Waals surface area (Å²) in [5.41, 5.74) is 8.07. The summed E-state index contributed by atoms with van der Waals surface area (Å²) in [7, 11) is 0. The van der Waals surface area contributed by atoms with Crippen molar-refractivity contribution in [3.05, 3.63) is 29.8 Å². The van der Waals surface area contributed by atoms with Crippen LogP contribution in [0.15, 0.2) is 24.3 Å². The minimum absolute atomic E-state index is 0.0694. The van der Waals surface area contributed by atoms with E-state index in [9.17, 15) is 4.79 Å². The molecule has 1 aromatic rings. The van der Waals surface area contributed by atoms with E-state index in [2.05, 4.69) is 16.3 Å². The maximum atomic E-state index is 11.6. The van der Waals surface area contributed by atoms with Gasteiger partial charge in [0, 0.05) is 44.5 Å². The van der Waals surface area contributed by atoms with Crippen molar-refractivity contribution >= 4 is 11.7 Å². The minimum Gasteiger partial charge on any atom is -0.398 e. The lowest BCUT2D eigenvalue weighted by atomic mass is 10.1. The molecule has 1 aromatic carbocycles. The summed E-state index contributed by atoms with van der Waals surface area (Å²) < 4.78 is 0. The zero-order valence-corrected chi connectivity index (χ0v) is 11.7. The molecule has 2 fully saturated rings. The molecule has 2 aliphatic rings. The molecular weight excluding hydrogens is 252 g/mol. The summed E-state index contributed by atoms with van der Waals surface area (Å²) in [6.07, 6.45) is 2.53. The van der Waals surface area contributed by atoms with Crippen LogP contribution in [0.4, 0.5) is 10.5 Å². The van der Waals surface area contributed by atoms with Gasteiger partial charge in [-0.25, -0.2) is 4.79 Å². The zero-order valence-electron chi connectivity index (χ0n) is 11.7. The average Bonchev–Trinajstić information content (AvgIpc) is 3.20. The molecule has 5 heteroatoms. The summed E-state index contributed by atoms with van der Waals surface area (Å²) >= 11 is 0. The maximum Gasteiger partial charge on any atom is 0.317 e. The molecule has 5 nitrogen and oxygen atoms in total. The van der Waals surface area contributed by atoms with Crippen LogP contribution in [0, 0.1) is 0 Å². The second kappa shape index (κ2) is 5.71. The van der Waals surface area contributed by atoms with Gasteiger partial charge in [-0.1, -0.05) is 18.2 Å². The van der Waals surface area contributed by atoms with E-state index in [1.54, 1.807) is 0 Å². The van der Waals surface area contributed by atoms with Gasteiger partial charge in [-0.2, -0.15) is 0 Å². The first-order valence-corrected chi connectivity index (χ1v) is 7.34. The Hall–Kier alpha value is -1.75. The Morgan fingerprint density at radius 1 is 1.35 bits per heavy atom. The molecule has 3 rings (SSSR count). The minimum atomic E-state index is 0.0694. The number of nitrogens with zero attached hydrogens (tertiary/aromatic N) is 2. The van der Waals surface area contributed by atoms with Gasteiger partial charge in [-0.15, -0.1) is 0 Å². The molecule has 0 atom stereocenters. The first kappa shape index (κ1) is 13.2. The Kier molecular flexibility index (Phi) is 3.78. The lowest BCUT2D eigenvalue weighted by Crippen LogP contribution is -2.37. The number of benzene rings is 1. The van der Waals surface area contributed by atoms with E-state index in [0.29, 0.717) is 6.04 Å². The van der Waals surface area contributed by atoms with Crippen molar-refractivity contribution in [3.63, 3.8) is 0 Å². The second-order valence-electron chi connectivity index (χ2n) is 5.62. The number of anilines is 1. The number of rotatable bonds is 6. The molecule has 0 spiro atoms. The average molecular weight is 274 g/mol. The number of carbonyl (C=O) groups is 1. The van der Waals surface area contributed by atoms with Crippen molar-refractivity contribution in [2.45, 2.75) is 25.4 Å². The number of amides is 2. The van der Waals surface area contributed by atoms with Crippen LogP contribution in [0.3, 0.4) is 0 Å². The molecule has 2 amide bonds. The fourth-order valence-electron chi connectivity index (χ4n) is 2.70. The summed E-state index contributed by atoms with van der Waals surface area (Å²) in [4.78, 5) is 15.9. The molecule has 3 N–H and O–H groups in total. The van der Waals surface area contributed by atoms with Gasteiger partial charge in [0.15, 0.2) is 0 Å². The number of urea groups is 1. The summed E-state index contributed by atoms with van der Waals surface area (Å²) in [6, 6.07) is 8.78.